The van der Waals surface area contributed by atoms with Crippen LogP contribution in [0.15, 0.2) is 24.3 Å². The fraction of sp³-hybridized carbons (Fsp3) is 0.300. The van der Waals surface area contributed by atoms with Gasteiger partial charge in [0.25, 0.3) is 0 Å². The molecule has 1 aliphatic heterocycles. The van der Waals surface area contributed by atoms with Gasteiger partial charge in [0.05, 0.1) is 12.5 Å². The van der Waals surface area contributed by atoms with Gasteiger partial charge in [-0.1, -0.05) is 12.1 Å². The van der Waals surface area contributed by atoms with Crippen LogP contribution in [0.3, 0.4) is 0 Å². The lowest BCUT2D eigenvalue weighted by Gasteiger charge is -2.37. The summed E-state index contributed by atoms with van der Waals surface area (Å²) in [7, 11) is 1.79. The second-order valence-corrected chi connectivity index (χ2v) is 3.32. The first-order valence-electron chi connectivity index (χ1n) is 4.23. The molecule has 1 amide bonds. The number of likely N-dealkylation sites (tertiary alicyclic amines) is 1. The molecule has 3 nitrogen and oxygen atoms in total. The van der Waals surface area contributed by atoms with Crippen LogP contribution >= 0.6 is 0 Å². The number of amides is 1. The van der Waals surface area contributed by atoms with Crippen LogP contribution in [0, 0.1) is 0 Å². The third kappa shape index (κ3) is 1.26. The van der Waals surface area contributed by atoms with E-state index < -0.39 is 0 Å². The van der Waals surface area contributed by atoms with Gasteiger partial charge in [-0.15, -0.1) is 0 Å². The van der Waals surface area contributed by atoms with E-state index in [1.165, 1.54) is 0 Å². The second kappa shape index (κ2) is 2.76. The zero-order chi connectivity index (χ0) is 9.42. The maximum atomic E-state index is 11.0. The van der Waals surface area contributed by atoms with Crippen molar-refractivity contribution in [2.45, 2.75) is 12.5 Å². The number of phenols is 1. The number of β-lactam (4-membered cyclic amide) rings is 1. The minimum atomic E-state index is 0.179. The molecule has 1 aromatic carbocycles. The van der Waals surface area contributed by atoms with Gasteiger partial charge < -0.3 is 10.0 Å². The number of hydrogen-bond donors (Lipinski definition) is 1. The summed E-state index contributed by atoms with van der Waals surface area (Å²) in [6, 6.07) is 7.19. The molecule has 0 radical (unpaired) electrons. The van der Waals surface area contributed by atoms with Crippen LogP contribution in [0.4, 0.5) is 0 Å². The van der Waals surface area contributed by atoms with Crippen LogP contribution in [0.1, 0.15) is 18.0 Å². The zero-order valence-corrected chi connectivity index (χ0v) is 7.40. The van der Waals surface area contributed by atoms with Gasteiger partial charge in [-0.2, -0.15) is 0 Å². The Morgan fingerprint density at radius 1 is 1.38 bits per heavy atom. The molecule has 3 heteroatoms. The van der Waals surface area contributed by atoms with Crippen molar-refractivity contribution in [2.24, 2.45) is 0 Å². The molecular formula is C10H11NO2. The number of carbonyl (C=O) groups is 1. The van der Waals surface area contributed by atoms with E-state index in [4.69, 9.17) is 5.11 Å². The molecule has 1 fully saturated rings. The zero-order valence-electron chi connectivity index (χ0n) is 7.40. The summed E-state index contributed by atoms with van der Waals surface area (Å²) in [5, 5.41) is 9.07. The molecule has 0 spiro atoms. The lowest BCUT2D eigenvalue weighted by atomic mass is 9.95. The molecule has 1 aromatic rings. The minimum absolute atomic E-state index is 0.179. The number of benzene rings is 1. The van der Waals surface area contributed by atoms with Crippen molar-refractivity contribution >= 4 is 5.91 Å². The summed E-state index contributed by atoms with van der Waals surface area (Å²) in [6.07, 6.45) is 0.585. The Labute approximate surface area is 76.6 Å². The molecule has 1 atom stereocenters. The topological polar surface area (TPSA) is 40.5 Å². The normalized spacial score (nSPS) is 21.5. The SMILES string of the molecule is CN1C(=O)CC1c1ccc(O)cc1. The predicted molar refractivity (Wildman–Crippen MR) is 48.2 cm³/mol. The van der Waals surface area contributed by atoms with Gasteiger partial charge in [0.1, 0.15) is 5.75 Å². The molecule has 1 N–H and O–H groups in total. The highest BCUT2D eigenvalue weighted by Gasteiger charge is 2.33. The van der Waals surface area contributed by atoms with Crippen LogP contribution in [-0.2, 0) is 4.79 Å². The lowest BCUT2D eigenvalue weighted by molar-refractivity contribution is -0.143. The van der Waals surface area contributed by atoms with E-state index in [1.807, 2.05) is 12.1 Å². The first kappa shape index (κ1) is 8.10. The van der Waals surface area contributed by atoms with E-state index >= 15 is 0 Å². The van der Waals surface area contributed by atoms with E-state index in [-0.39, 0.29) is 17.7 Å². The maximum absolute atomic E-state index is 11.0. The predicted octanol–water partition coefficient (Wildman–Crippen LogP) is 1.30. The Hall–Kier alpha value is -1.51. The van der Waals surface area contributed by atoms with Crippen molar-refractivity contribution < 1.29 is 9.90 Å². The summed E-state index contributed by atoms with van der Waals surface area (Å²) < 4.78 is 0. The molecule has 13 heavy (non-hydrogen) atoms. The molecule has 0 aliphatic carbocycles. The standard InChI is InChI=1S/C10H11NO2/c1-11-9(6-10(11)13)7-2-4-8(12)5-3-7/h2-5,9,12H,6H2,1H3. The molecular weight excluding hydrogens is 166 g/mol. The van der Waals surface area contributed by atoms with Crippen LogP contribution in [0.25, 0.3) is 0 Å². The molecule has 1 aliphatic rings. The number of rotatable bonds is 1. The molecule has 0 saturated carbocycles. The molecule has 0 bridgehead atoms. The monoisotopic (exact) mass is 177 g/mol. The van der Waals surface area contributed by atoms with Gasteiger partial charge in [0.2, 0.25) is 5.91 Å². The summed E-state index contributed by atoms with van der Waals surface area (Å²) in [5.74, 6) is 0.440. The highest BCUT2D eigenvalue weighted by atomic mass is 16.3. The smallest absolute Gasteiger partial charge is 0.225 e. The first-order chi connectivity index (χ1) is 6.18. The average Bonchev–Trinajstić information content (AvgIpc) is 2.15. The Morgan fingerprint density at radius 2 is 2.00 bits per heavy atom. The number of hydrogen-bond acceptors (Lipinski definition) is 2. The third-order valence-corrected chi connectivity index (χ3v) is 2.51. The quantitative estimate of drug-likeness (QED) is 0.657. The Balaban J connectivity index is 2.18. The maximum Gasteiger partial charge on any atom is 0.225 e. The van der Waals surface area contributed by atoms with Crippen molar-refractivity contribution in [2.75, 3.05) is 7.05 Å². The largest absolute Gasteiger partial charge is 0.508 e. The van der Waals surface area contributed by atoms with Gasteiger partial charge in [0, 0.05) is 7.05 Å². The van der Waals surface area contributed by atoms with Gasteiger partial charge in [0.15, 0.2) is 0 Å². The lowest BCUT2D eigenvalue weighted by Crippen LogP contribution is -2.43. The summed E-state index contributed by atoms with van der Waals surface area (Å²) in [6.45, 7) is 0. The second-order valence-electron chi connectivity index (χ2n) is 3.32. The van der Waals surface area contributed by atoms with Crippen molar-refractivity contribution in [1.29, 1.82) is 0 Å². The first-order valence-corrected chi connectivity index (χ1v) is 4.23. The van der Waals surface area contributed by atoms with Gasteiger partial charge in [-0.3, -0.25) is 4.79 Å². The van der Waals surface area contributed by atoms with Gasteiger partial charge in [-0.25, -0.2) is 0 Å². The van der Waals surface area contributed by atoms with E-state index in [0.29, 0.717) is 6.42 Å². The van der Waals surface area contributed by atoms with Crippen molar-refractivity contribution in [3.05, 3.63) is 29.8 Å². The summed E-state index contributed by atoms with van der Waals surface area (Å²) in [4.78, 5) is 12.7. The molecule has 0 aromatic heterocycles. The molecule has 1 unspecified atom stereocenters. The Kier molecular flexibility index (Phi) is 1.72. The summed E-state index contributed by atoms with van der Waals surface area (Å²) in [5.41, 5.74) is 1.08. The van der Waals surface area contributed by atoms with E-state index in [0.717, 1.165) is 5.56 Å². The minimum Gasteiger partial charge on any atom is -0.508 e. The fourth-order valence-corrected chi connectivity index (χ4v) is 1.55. The average molecular weight is 177 g/mol. The van der Waals surface area contributed by atoms with Crippen molar-refractivity contribution in [1.82, 2.24) is 4.90 Å². The van der Waals surface area contributed by atoms with Crippen molar-refractivity contribution in [3.8, 4) is 5.75 Å². The highest BCUT2D eigenvalue weighted by Crippen LogP contribution is 2.32. The van der Waals surface area contributed by atoms with Crippen LogP contribution in [0.2, 0.25) is 0 Å². The van der Waals surface area contributed by atoms with Crippen LogP contribution in [-0.4, -0.2) is 23.0 Å². The molecule has 1 saturated heterocycles. The fourth-order valence-electron chi connectivity index (χ4n) is 1.55. The summed E-state index contributed by atoms with van der Waals surface area (Å²) >= 11 is 0. The highest BCUT2D eigenvalue weighted by molar-refractivity contribution is 5.83. The molecule has 1 heterocycles. The number of aromatic hydroxyl groups is 1. The van der Waals surface area contributed by atoms with Gasteiger partial charge >= 0.3 is 0 Å². The number of nitrogens with zero attached hydrogens (tertiary/aromatic N) is 1. The van der Waals surface area contributed by atoms with Crippen LogP contribution in [0.5, 0.6) is 5.75 Å². The van der Waals surface area contributed by atoms with Gasteiger partial charge in [-0.05, 0) is 17.7 Å². The Morgan fingerprint density at radius 3 is 2.46 bits per heavy atom. The van der Waals surface area contributed by atoms with E-state index in [1.54, 1.807) is 24.1 Å². The Bertz CT molecular complexity index is 331. The number of carbonyl (C=O) groups excluding carboxylic acids is 1. The van der Waals surface area contributed by atoms with E-state index in [9.17, 15) is 4.79 Å². The van der Waals surface area contributed by atoms with Crippen molar-refractivity contribution in [3.63, 3.8) is 0 Å². The van der Waals surface area contributed by atoms with Crippen LogP contribution < -0.4 is 0 Å². The number of phenolic OH excluding ortho intramolecular Hbond substituents is 1. The van der Waals surface area contributed by atoms with E-state index in [2.05, 4.69) is 0 Å². The third-order valence-electron chi connectivity index (χ3n) is 2.51. The molecule has 68 valence electrons. The molecule has 2 rings (SSSR count).